The van der Waals surface area contributed by atoms with Gasteiger partial charge in [0, 0.05) is 17.8 Å². The van der Waals surface area contributed by atoms with Crippen molar-refractivity contribution in [2.45, 2.75) is 20.4 Å². The molecule has 0 saturated carbocycles. The van der Waals surface area contributed by atoms with Crippen molar-refractivity contribution in [3.63, 3.8) is 0 Å². The molecule has 0 aliphatic rings. The van der Waals surface area contributed by atoms with E-state index in [1.165, 1.54) is 0 Å². The van der Waals surface area contributed by atoms with Crippen LogP contribution in [0.3, 0.4) is 0 Å². The number of benzene rings is 2. The predicted octanol–water partition coefficient (Wildman–Crippen LogP) is 2.91. The lowest BCUT2D eigenvalue weighted by Crippen LogP contribution is -2.23. The van der Waals surface area contributed by atoms with Crippen LogP contribution in [-0.2, 0) is 6.54 Å². The van der Waals surface area contributed by atoms with Crippen LogP contribution in [0.4, 0.5) is 5.69 Å². The second kappa shape index (κ2) is 7.54. The molecule has 5 heteroatoms. The van der Waals surface area contributed by atoms with E-state index in [1.54, 1.807) is 19.2 Å². The third-order valence-corrected chi connectivity index (χ3v) is 3.49. The molecule has 0 unspecified atom stereocenters. The lowest BCUT2D eigenvalue weighted by Gasteiger charge is -2.12. The molecule has 0 saturated heterocycles. The number of hydrogen-bond acceptors (Lipinski definition) is 4. The first-order valence-corrected chi connectivity index (χ1v) is 7.49. The summed E-state index contributed by atoms with van der Waals surface area (Å²) >= 11 is 0. The van der Waals surface area contributed by atoms with E-state index in [0.29, 0.717) is 35.9 Å². The number of ether oxygens (including phenoxy) is 2. The summed E-state index contributed by atoms with van der Waals surface area (Å²) in [6.45, 7) is 4.75. The van der Waals surface area contributed by atoms with Gasteiger partial charge in [-0.05, 0) is 49.2 Å². The molecule has 0 aliphatic heterocycles. The summed E-state index contributed by atoms with van der Waals surface area (Å²) < 4.78 is 10.8. The minimum Gasteiger partial charge on any atom is -0.493 e. The topological polar surface area (TPSA) is 73.6 Å². The van der Waals surface area contributed by atoms with E-state index >= 15 is 0 Å². The number of nitrogen functional groups attached to an aromatic ring is 1. The van der Waals surface area contributed by atoms with Gasteiger partial charge in [-0.25, -0.2) is 0 Å². The van der Waals surface area contributed by atoms with Crippen LogP contribution in [0.2, 0.25) is 0 Å². The summed E-state index contributed by atoms with van der Waals surface area (Å²) in [4.78, 5) is 12.3. The zero-order chi connectivity index (χ0) is 16.8. The van der Waals surface area contributed by atoms with E-state index in [1.807, 2.05) is 38.1 Å². The Hall–Kier alpha value is -2.69. The minimum atomic E-state index is -0.149. The Labute approximate surface area is 136 Å². The molecule has 2 rings (SSSR count). The molecular weight excluding hydrogens is 292 g/mol. The zero-order valence-corrected chi connectivity index (χ0v) is 13.7. The van der Waals surface area contributed by atoms with Crippen LogP contribution in [0, 0.1) is 6.92 Å². The van der Waals surface area contributed by atoms with Gasteiger partial charge in [0.05, 0.1) is 13.7 Å². The highest BCUT2D eigenvalue weighted by Crippen LogP contribution is 2.28. The van der Waals surface area contributed by atoms with Gasteiger partial charge in [-0.1, -0.05) is 12.1 Å². The van der Waals surface area contributed by atoms with Crippen molar-refractivity contribution in [2.75, 3.05) is 19.5 Å². The molecule has 0 aliphatic carbocycles. The molecule has 122 valence electrons. The Balaban J connectivity index is 2.09. The number of rotatable bonds is 6. The van der Waals surface area contributed by atoms with Crippen LogP contribution in [0.5, 0.6) is 11.5 Å². The second-order valence-corrected chi connectivity index (χ2v) is 5.18. The minimum absolute atomic E-state index is 0.149. The fourth-order valence-corrected chi connectivity index (χ4v) is 2.26. The van der Waals surface area contributed by atoms with Crippen LogP contribution in [-0.4, -0.2) is 19.6 Å². The number of amides is 1. The van der Waals surface area contributed by atoms with Crippen molar-refractivity contribution in [3.8, 4) is 11.5 Å². The Morgan fingerprint density at radius 2 is 1.96 bits per heavy atom. The molecule has 0 bridgehead atoms. The lowest BCUT2D eigenvalue weighted by atomic mass is 10.1. The van der Waals surface area contributed by atoms with Crippen molar-refractivity contribution in [3.05, 3.63) is 53.1 Å². The number of hydrogen-bond donors (Lipinski definition) is 2. The Kier molecular flexibility index (Phi) is 5.46. The number of carbonyl (C=O) groups is 1. The van der Waals surface area contributed by atoms with E-state index in [9.17, 15) is 4.79 Å². The van der Waals surface area contributed by atoms with Crippen LogP contribution < -0.4 is 20.5 Å². The van der Waals surface area contributed by atoms with Crippen molar-refractivity contribution in [1.82, 2.24) is 5.32 Å². The highest BCUT2D eigenvalue weighted by molar-refractivity contribution is 5.96. The van der Waals surface area contributed by atoms with E-state index in [0.717, 1.165) is 11.1 Å². The number of methoxy groups -OCH3 is 1. The molecule has 0 atom stereocenters. The average Bonchev–Trinajstić information content (AvgIpc) is 2.55. The summed E-state index contributed by atoms with van der Waals surface area (Å²) in [5, 5.41) is 2.90. The molecule has 0 heterocycles. The Morgan fingerprint density at radius 1 is 1.17 bits per heavy atom. The van der Waals surface area contributed by atoms with Crippen LogP contribution >= 0.6 is 0 Å². The first kappa shape index (κ1) is 16.7. The number of nitrogens with one attached hydrogen (secondary N) is 1. The molecule has 1 amide bonds. The summed E-state index contributed by atoms with van der Waals surface area (Å²) in [6.07, 6.45) is 0. The Bertz CT molecular complexity index is 699. The monoisotopic (exact) mass is 314 g/mol. The van der Waals surface area contributed by atoms with Gasteiger partial charge in [0.2, 0.25) is 0 Å². The van der Waals surface area contributed by atoms with Crippen LogP contribution in [0.1, 0.15) is 28.4 Å². The largest absolute Gasteiger partial charge is 0.493 e. The van der Waals surface area contributed by atoms with Gasteiger partial charge in [-0.15, -0.1) is 0 Å². The van der Waals surface area contributed by atoms with Gasteiger partial charge >= 0.3 is 0 Å². The van der Waals surface area contributed by atoms with Crippen molar-refractivity contribution >= 4 is 11.6 Å². The fourth-order valence-electron chi connectivity index (χ4n) is 2.26. The molecule has 0 aromatic heterocycles. The third kappa shape index (κ3) is 4.16. The lowest BCUT2D eigenvalue weighted by molar-refractivity contribution is 0.0950. The first-order valence-electron chi connectivity index (χ1n) is 7.49. The standard InChI is InChI=1S/C18H22N2O3/c1-4-23-17-9-13(6-8-16(17)22-3)11-20-18(21)15-10-14(19)7-5-12(15)2/h5-10H,4,11,19H2,1-3H3,(H,20,21). The molecule has 2 aromatic rings. The van der Waals surface area contributed by atoms with Crippen LogP contribution in [0.25, 0.3) is 0 Å². The van der Waals surface area contributed by atoms with Gasteiger partial charge in [-0.2, -0.15) is 0 Å². The maximum absolute atomic E-state index is 12.3. The molecule has 5 nitrogen and oxygen atoms in total. The molecule has 0 radical (unpaired) electrons. The molecule has 0 spiro atoms. The predicted molar refractivity (Wildman–Crippen MR) is 90.9 cm³/mol. The van der Waals surface area contributed by atoms with E-state index in [-0.39, 0.29) is 5.91 Å². The summed E-state index contributed by atoms with van der Waals surface area (Å²) in [6, 6.07) is 10.9. The van der Waals surface area contributed by atoms with Gasteiger partial charge in [0.25, 0.3) is 5.91 Å². The van der Waals surface area contributed by atoms with Crippen LogP contribution in [0.15, 0.2) is 36.4 Å². The molecular formula is C18H22N2O3. The second-order valence-electron chi connectivity index (χ2n) is 5.18. The van der Waals surface area contributed by atoms with Gasteiger partial charge in [0.15, 0.2) is 11.5 Å². The normalized spacial score (nSPS) is 10.2. The SMILES string of the molecule is CCOc1cc(CNC(=O)c2cc(N)ccc2C)ccc1OC. The molecule has 0 fully saturated rings. The average molecular weight is 314 g/mol. The van der Waals surface area contributed by atoms with E-state index in [4.69, 9.17) is 15.2 Å². The fraction of sp³-hybridized carbons (Fsp3) is 0.278. The first-order chi connectivity index (χ1) is 11.0. The summed E-state index contributed by atoms with van der Waals surface area (Å²) in [7, 11) is 1.60. The van der Waals surface area contributed by atoms with E-state index < -0.39 is 0 Å². The maximum atomic E-state index is 12.3. The smallest absolute Gasteiger partial charge is 0.251 e. The van der Waals surface area contributed by atoms with Gasteiger partial charge in [-0.3, -0.25) is 4.79 Å². The number of nitrogens with two attached hydrogens (primary N) is 1. The number of anilines is 1. The number of carbonyl (C=O) groups excluding carboxylic acids is 1. The molecule has 23 heavy (non-hydrogen) atoms. The highest BCUT2D eigenvalue weighted by atomic mass is 16.5. The zero-order valence-electron chi connectivity index (χ0n) is 13.7. The maximum Gasteiger partial charge on any atom is 0.251 e. The highest BCUT2D eigenvalue weighted by Gasteiger charge is 2.10. The third-order valence-electron chi connectivity index (χ3n) is 3.49. The molecule has 2 aromatic carbocycles. The van der Waals surface area contributed by atoms with Crippen molar-refractivity contribution in [2.24, 2.45) is 0 Å². The van der Waals surface area contributed by atoms with Gasteiger partial charge < -0.3 is 20.5 Å². The van der Waals surface area contributed by atoms with Gasteiger partial charge in [0.1, 0.15) is 0 Å². The number of aryl methyl sites for hydroxylation is 1. The van der Waals surface area contributed by atoms with Crippen molar-refractivity contribution in [1.29, 1.82) is 0 Å². The van der Waals surface area contributed by atoms with Crippen molar-refractivity contribution < 1.29 is 14.3 Å². The Morgan fingerprint density at radius 3 is 2.65 bits per heavy atom. The summed E-state index contributed by atoms with van der Waals surface area (Å²) in [5.41, 5.74) is 8.73. The molecule has 3 N–H and O–H groups in total. The van der Waals surface area contributed by atoms with E-state index in [2.05, 4.69) is 5.32 Å². The quantitative estimate of drug-likeness (QED) is 0.804. The summed E-state index contributed by atoms with van der Waals surface area (Å²) in [5.74, 6) is 1.19.